The van der Waals surface area contributed by atoms with Crippen molar-refractivity contribution in [2.45, 2.75) is 0 Å². The van der Waals surface area contributed by atoms with Gasteiger partial charge in [-0.25, -0.2) is 0 Å². The number of thiophene rings is 1. The van der Waals surface area contributed by atoms with Gasteiger partial charge in [-0.2, -0.15) is 0 Å². The van der Waals surface area contributed by atoms with Crippen LogP contribution >= 0.6 is 22.9 Å². The summed E-state index contributed by atoms with van der Waals surface area (Å²) in [5.74, 6) is 0. The minimum atomic E-state index is 0.801. The Labute approximate surface area is 199 Å². The van der Waals surface area contributed by atoms with Gasteiger partial charge >= 0.3 is 0 Å². The maximum Gasteiger partial charge on any atom is 0.135 e. The highest BCUT2D eigenvalue weighted by molar-refractivity contribution is 7.26. The fourth-order valence-electron chi connectivity index (χ4n) is 4.86. The maximum atomic E-state index is 6.70. The van der Waals surface area contributed by atoms with Crippen LogP contribution in [0.5, 0.6) is 0 Å². The van der Waals surface area contributed by atoms with Crippen molar-refractivity contribution < 1.29 is 4.42 Å². The molecule has 7 aromatic rings. The number of halogens is 1. The van der Waals surface area contributed by atoms with E-state index in [0.717, 1.165) is 32.3 Å². The summed E-state index contributed by atoms with van der Waals surface area (Å²) in [4.78, 5) is 0. The molecule has 156 valence electrons. The zero-order chi connectivity index (χ0) is 21.9. The minimum Gasteiger partial charge on any atom is -0.456 e. The van der Waals surface area contributed by atoms with Crippen LogP contribution < -0.4 is 0 Å². The van der Waals surface area contributed by atoms with Gasteiger partial charge in [-0.05, 0) is 47.0 Å². The van der Waals surface area contributed by atoms with Gasteiger partial charge < -0.3 is 4.42 Å². The van der Waals surface area contributed by atoms with Gasteiger partial charge in [-0.1, -0.05) is 84.4 Å². The maximum absolute atomic E-state index is 6.70. The van der Waals surface area contributed by atoms with Gasteiger partial charge in [0.25, 0.3) is 0 Å². The molecule has 5 aromatic carbocycles. The molecule has 0 atom stereocenters. The van der Waals surface area contributed by atoms with Gasteiger partial charge in [0.15, 0.2) is 0 Å². The molecule has 0 fully saturated rings. The number of furan rings is 1. The Balaban J connectivity index is 1.51. The van der Waals surface area contributed by atoms with Crippen LogP contribution in [0.25, 0.3) is 64.4 Å². The first-order chi connectivity index (χ1) is 16.3. The monoisotopic (exact) mass is 460 g/mol. The number of fused-ring (bicyclic) bond motifs is 6. The summed E-state index contributed by atoms with van der Waals surface area (Å²) in [7, 11) is 0. The van der Waals surface area contributed by atoms with Crippen molar-refractivity contribution in [3.8, 4) is 22.3 Å². The summed E-state index contributed by atoms with van der Waals surface area (Å²) >= 11 is 8.51. The van der Waals surface area contributed by atoms with Gasteiger partial charge in [0, 0.05) is 41.5 Å². The minimum absolute atomic E-state index is 0.801. The molecule has 0 bridgehead atoms. The second kappa shape index (κ2) is 7.21. The van der Waals surface area contributed by atoms with Crippen LogP contribution in [-0.2, 0) is 0 Å². The normalized spacial score (nSPS) is 11.8. The van der Waals surface area contributed by atoms with E-state index in [4.69, 9.17) is 16.0 Å². The van der Waals surface area contributed by atoms with Crippen molar-refractivity contribution in [2.24, 2.45) is 0 Å². The molecule has 0 radical (unpaired) electrons. The van der Waals surface area contributed by atoms with E-state index >= 15 is 0 Å². The molecule has 7 rings (SSSR count). The molecule has 2 aromatic heterocycles. The van der Waals surface area contributed by atoms with E-state index in [0.29, 0.717) is 0 Å². The Morgan fingerprint density at radius 3 is 2.21 bits per heavy atom. The van der Waals surface area contributed by atoms with Crippen LogP contribution in [0.2, 0.25) is 5.02 Å². The summed E-state index contributed by atoms with van der Waals surface area (Å²) < 4.78 is 8.53. The number of hydrogen-bond donors (Lipinski definition) is 0. The van der Waals surface area contributed by atoms with Gasteiger partial charge in [0.2, 0.25) is 0 Å². The average Bonchev–Trinajstić information content (AvgIpc) is 3.43. The molecule has 0 aliphatic rings. The largest absolute Gasteiger partial charge is 0.456 e. The molecule has 0 aliphatic heterocycles. The molecule has 0 amide bonds. The van der Waals surface area contributed by atoms with E-state index < -0.39 is 0 Å². The molecular weight excluding hydrogens is 444 g/mol. The molecule has 0 N–H and O–H groups in total. The van der Waals surface area contributed by atoms with Crippen molar-refractivity contribution in [1.82, 2.24) is 0 Å². The Hall–Kier alpha value is -3.59. The van der Waals surface area contributed by atoms with Crippen molar-refractivity contribution in [3.63, 3.8) is 0 Å². The van der Waals surface area contributed by atoms with Crippen LogP contribution in [-0.4, -0.2) is 0 Å². The summed E-state index contributed by atoms with van der Waals surface area (Å²) in [6, 6.07) is 36.0. The highest BCUT2D eigenvalue weighted by atomic mass is 35.5. The second-order valence-electron chi connectivity index (χ2n) is 8.25. The fourth-order valence-corrected chi connectivity index (χ4v) is 6.43. The molecule has 0 saturated carbocycles. The lowest BCUT2D eigenvalue weighted by Crippen LogP contribution is -1.86. The second-order valence-corrected chi connectivity index (χ2v) is 9.71. The first-order valence-corrected chi connectivity index (χ1v) is 12.1. The summed E-state index contributed by atoms with van der Waals surface area (Å²) in [5, 5.41) is 5.44. The predicted molar refractivity (Wildman–Crippen MR) is 142 cm³/mol. The van der Waals surface area contributed by atoms with E-state index in [1.165, 1.54) is 37.0 Å². The lowest BCUT2D eigenvalue weighted by atomic mass is 9.93. The molecule has 1 nitrogen and oxygen atoms in total. The smallest absolute Gasteiger partial charge is 0.135 e. The molecule has 3 heteroatoms. The van der Waals surface area contributed by atoms with Crippen molar-refractivity contribution >= 4 is 65.0 Å². The quantitative estimate of drug-likeness (QED) is 0.250. The van der Waals surface area contributed by atoms with Gasteiger partial charge in [-0.3, -0.25) is 0 Å². The zero-order valence-corrected chi connectivity index (χ0v) is 19.1. The Kier molecular flexibility index (Phi) is 4.14. The number of hydrogen-bond acceptors (Lipinski definition) is 2. The highest BCUT2D eigenvalue weighted by Crippen LogP contribution is 2.45. The predicted octanol–water partition coefficient (Wildman–Crippen LogP) is 9.94. The summed E-state index contributed by atoms with van der Waals surface area (Å²) in [5.41, 5.74) is 6.62. The summed E-state index contributed by atoms with van der Waals surface area (Å²) in [6.07, 6.45) is 0. The molecule has 0 aliphatic carbocycles. The van der Waals surface area contributed by atoms with Gasteiger partial charge in [0.1, 0.15) is 11.2 Å². The Morgan fingerprint density at radius 2 is 1.30 bits per heavy atom. The number of rotatable bonds is 2. The standard InChI is InChI=1S/C30H17ClOS/c31-25-15-14-22(30-29(25)23-10-4-6-12-28(23)33-30)20-8-2-1-7-19(20)18-13-16-27-24(17-18)21-9-3-5-11-26(21)32-27/h1-17H. The van der Waals surface area contributed by atoms with Crippen LogP contribution in [0.15, 0.2) is 108 Å². The van der Waals surface area contributed by atoms with Crippen molar-refractivity contribution in [1.29, 1.82) is 0 Å². The Morgan fingerprint density at radius 1 is 0.576 bits per heavy atom. The molecule has 33 heavy (non-hydrogen) atoms. The molecule has 0 saturated heterocycles. The third-order valence-corrected chi connectivity index (χ3v) is 7.90. The van der Waals surface area contributed by atoms with Crippen LogP contribution in [0.1, 0.15) is 0 Å². The molecule has 0 spiro atoms. The van der Waals surface area contributed by atoms with E-state index in [2.05, 4.69) is 84.9 Å². The topological polar surface area (TPSA) is 13.1 Å². The third-order valence-electron chi connectivity index (χ3n) is 6.38. The van der Waals surface area contributed by atoms with E-state index in [9.17, 15) is 0 Å². The van der Waals surface area contributed by atoms with Crippen molar-refractivity contribution in [3.05, 3.63) is 108 Å². The zero-order valence-electron chi connectivity index (χ0n) is 17.5. The first kappa shape index (κ1) is 18.9. The fraction of sp³-hybridized carbons (Fsp3) is 0. The average molecular weight is 461 g/mol. The third kappa shape index (κ3) is 2.85. The van der Waals surface area contributed by atoms with Gasteiger partial charge in [0.05, 0.1) is 0 Å². The lowest BCUT2D eigenvalue weighted by molar-refractivity contribution is 0.669. The first-order valence-electron chi connectivity index (χ1n) is 10.9. The highest BCUT2D eigenvalue weighted by Gasteiger charge is 2.16. The molecular formula is C30H17ClOS. The van der Waals surface area contributed by atoms with Crippen LogP contribution in [0, 0.1) is 0 Å². The molecule has 0 unspecified atom stereocenters. The lowest BCUT2D eigenvalue weighted by Gasteiger charge is -2.12. The van der Waals surface area contributed by atoms with E-state index in [-0.39, 0.29) is 0 Å². The molecule has 2 heterocycles. The SMILES string of the molecule is Clc1ccc(-c2ccccc2-c2ccc3oc4ccccc4c3c2)c2sc3ccccc3c12. The van der Waals surface area contributed by atoms with Crippen molar-refractivity contribution in [2.75, 3.05) is 0 Å². The number of benzene rings is 5. The Bertz CT molecular complexity index is 1840. The summed E-state index contributed by atoms with van der Waals surface area (Å²) in [6.45, 7) is 0. The van der Waals surface area contributed by atoms with Gasteiger partial charge in [-0.15, -0.1) is 11.3 Å². The van der Waals surface area contributed by atoms with Crippen LogP contribution in [0.4, 0.5) is 0 Å². The van der Waals surface area contributed by atoms with E-state index in [1.807, 2.05) is 29.5 Å². The van der Waals surface area contributed by atoms with E-state index in [1.54, 1.807) is 0 Å². The van der Waals surface area contributed by atoms with Crippen LogP contribution in [0.3, 0.4) is 0 Å². The number of para-hydroxylation sites is 1.